The number of aliphatic hydroxyl groups is 2. The second-order valence-electron chi connectivity index (χ2n) is 0. The first-order valence-corrected chi connectivity index (χ1v) is 0.894. The molecule has 0 saturated heterocycles. The Morgan fingerprint density at radius 2 is 0.106 bits per heavy atom. The van der Waals surface area contributed by atoms with E-state index in [4.69, 9.17) is 10.2 Å². The molecule has 0 heterocycles. The molecule has 0 aromatic heterocycles. The summed E-state index contributed by atoms with van der Waals surface area (Å²) < 4.78 is 0. The van der Waals surface area contributed by atoms with Crippen molar-refractivity contribution in [3.8, 4) is 0 Å². The largest absolute Gasteiger partial charge is 1.00 e. The SMILES string of the molecule is CO.CO.[H-].[H-].[H-].[H-].[H-].[H-].[H-].[H-].[H-].[H-].[H-].[H-].[H-].[H-].[H-].[H-].[H-].[H-].[H-].[H-].[H-].[H-].[H-].[H-].[H-].[H-].[H-].[H-].[H-].[H-].[H-].[H-].[H-].[H-].[H-].[H-].[H-].[H-].[H-].[H-].[H-].[H-].[H-].[Na+].[Na+].[Na+].[Na+].[Na+].[Na+].[Na+].[Na+].[Na+].[Na+].[Na+].[Na+].[Na+].[Na+].[Na+].[Na+].[Na+].[Na+].[Na+].[Na+].[Na+].[Na+].[Na+].[Na+].[Na+].[Na+].[Na+].[Na+].[Na+].[Na+].[Na+].[Na+].[Na+].[Na+].[Na+].[Na+].[Na+].[Na+].[Na+].[Na+].[Na+].[Na+].[Na+]. The zero-order valence-corrected chi connectivity index (χ0v) is 132. The van der Waals surface area contributed by atoms with Crippen molar-refractivity contribution < 1.29 is 1340 Å². The third-order valence-corrected chi connectivity index (χ3v) is 0. The molecule has 114 valence electrons. The van der Waals surface area contributed by atoms with Gasteiger partial charge in [0.15, 0.2) is 0 Å². The maximum absolute atomic E-state index is 7.00. The molecule has 0 amide bonds. The fourth-order valence-corrected chi connectivity index (χ4v) is 0. The molecular weight excluding hydrogens is 1040 g/mol. The molecule has 2 nitrogen and oxygen atoms in total. The third kappa shape index (κ3) is 365. The minimum atomic E-state index is 0. The molecule has 45 heteroatoms. The molecule has 0 radical (unpaired) electrons. The van der Waals surface area contributed by atoms with E-state index in [1.165, 1.54) is 0 Å². The first kappa shape index (κ1) is 352. The number of hydrogen-bond acceptors (Lipinski definition) is 2. The van der Waals surface area contributed by atoms with Crippen molar-refractivity contribution in [1.29, 1.82) is 0 Å². The van der Waals surface area contributed by atoms with E-state index in [9.17, 15) is 0 Å². The summed E-state index contributed by atoms with van der Waals surface area (Å²) in [6.45, 7) is 0. The first-order chi connectivity index (χ1) is 2.00. The van der Waals surface area contributed by atoms with Crippen LogP contribution in [0.2, 0.25) is 0 Å². The van der Waals surface area contributed by atoms with E-state index in [1.807, 2.05) is 0 Å². The van der Waals surface area contributed by atoms with Crippen molar-refractivity contribution in [3.05, 3.63) is 0 Å². The number of aliphatic hydroxyl groups excluding tert-OH is 2. The van der Waals surface area contributed by atoms with Crippen LogP contribution < -0.4 is 1270 Å². The molecule has 0 fully saturated rings. The Morgan fingerprint density at radius 3 is 0.106 bits per heavy atom. The maximum atomic E-state index is 7.00. The van der Waals surface area contributed by atoms with E-state index < -0.39 is 0 Å². The number of hydrogen-bond donors (Lipinski definition) is 2. The Bertz CT molecular complexity index is 114. The molecule has 0 saturated carbocycles. The normalized spacial score (nSPS) is 0.255. The first-order valence-electron chi connectivity index (χ1n) is 0.894. The standard InChI is InChI=1S/2CH4O.43Na.43H/c2*1-2;;;;;;;;;;;;;;;;;;;;;;;;;;;;;;;;;;;;;;;;;;;;;;;;;;;;;;;;;;;;;;;;;;;;;;;;;;;;;;;;;;;;;;/h2*2H,1H3;;;;;;;;;;;;;;;;;;;;;;;;;;;;;;;;;;;;;;;;;;;;;;;;;;;;;;;;;;;;;;;;;;;;;;;;;;;;;;;;;;;;;;/q;;43*+1;43*-1. The van der Waals surface area contributed by atoms with Gasteiger partial charge in [0.1, 0.15) is 0 Å². The van der Waals surface area contributed by atoms with Gasteiger partial charge in [-0.2, -0.15) is 0 Å². The van der Waals surface area contributed by atoms with Crippen LogP contribution in [0.5, 0.6) is 0 Å². The molecule has 0 rings (SSSR count). The van der Waals surface area contributed by atoms with E-state index in [1.54, 1.807) is 0 Å². The van der Waals surface area contributed by atoms with E-state index in [-0.39, 0.29) is 1330 Å². The fourth-order valence-electron chi connectivity index (χ4n) is 0. The van der Waals surface area contributed by atoms with Crippen LogP contribution in [0.25, 0.3) is 0 Å². The minimum absolute atomic E-state index is 0. The van der Waals surface area contributed by atoms with Gasteiger partial charge in [0.05, 0.1) is 0 Å². The van der Waals surface area contributed by atoms with Gasteiger partial charge in [-0.1, -0.05) is 0 Å². The van der Waals surface area contributed by atoms with Gasteiger partial charge in [-0.05, 0) is 0 Å². The summed E-state index contributed by atoms with van der Waals surface area (Å²) in [4.78, 5) is 0. The molecular formula is C2H51Na43O2. The van der Waals surface area contributed by atoms with Gasteiger partial charge in [0.2, 0.25) is 0 Å². The van der Waals surface area contributed by atoms with Gasteiger partial charge in [-0.3, -0.25) is 0 Å². The molecule has 0 atom stereocenters. The minimum Gasteiger partial charge on any atom is -1.00 e. The summed E-state index contributed by atoms with van der Waals surface area (Å²) in [6.07, 6.45) is 0. The topological polar surface area (TPSA) is 40.5 Å². The Hall–Kier alpha value is 42.9. The second kappa shape index (κ2) is 373. The summed E-state index contributed by atoms with van der Waals surface area (Å²) in [5.41, 5.74) is 0. The Balaban J connectivity index is -0.00000000000529. The zero-order chi connectivity index (χ0) is 4.00. The summed E-state index contributed by atoms with van der Waals surface area (Å²) in [7, 11) is 2.00. The maximum Gasteiger partial charge on any atom is 1.00 e. The van der Waals surface area contributed by atoms with Crippen molar-refractivity contribution in [2.24, 2.45) is 0 Å². The summed E-state index contributed by atoms with van der Waals surface area (Å²) in [5, 5.41) is 14.0. The van der Waals surface area contributed by atoms with Crippen LogP contribution >= 0.6 is 0 Å². The van der Waals surface area contributed by atoms with Crippen LogP contribution in [-0.2, 0) is 0 Å². The van der Waals surface area contributed by atoms with Crippen LogP contribution in [0.3, 0.4) is 0 Å². The third-order valence-electron chi connectivity index (χ3n) is 0. The van der Waals surface area contributed by atoms with Gasteiger partial charge in [0.25, 0.3) is 0 Å². The zero-order valence-electron chi connectivity index (χ0n) is 88.9. The Kier molecular flexibility index (Phi) is 2800. The van der Waals surface area contributed by atoms with Crippen LogP contribution in [0.1, 0.15) is 61.3 Å². The molecule has 0 spiro atoms. The Labute approximate surface area is 1310 Å². The molecule has 0 bridgehead atoms. The van der Waals surface area contributed by atoms with Crippen molar-refractivity contribution in [2.45, 2.75) is 0 Å². The van der Waals surface area contributed by atoms with Crippen molar-refractivity contribution in [2.75, 3.05) is 14.2 Å². The molecule has 0 unspecified atom stereocenters. The van der Waals surface area contributed by atoms with E-state index in [2.05, 4.69) is 0 Å². The number of rotatable bonds is 0. The van der Waals surface area contributed by atoms with Gasteiger partial charge in [-0.15, -0.1) is 0 Å². The van der Waals surface area contributed by atoms with Gasteiger partial charge in [0, 0.05) is 14.2 Å². The molecule has 0 aliphatic heterocycles. The quantitative estimate of drug-likeness (QED) is 0.237. The molecule has 47 heavy (non-hydrogen) atoms. The fraction of sp³-hybridized carbons (Fsp3) is 1.00. The van der Waals surface area contributed by atoms with Crippen molar-refractivity contribution in [1.82, 2.24) is 0 Å². The van der Waals surface area contributed by atoms with Gasteiger partial charge >= 0.3 is 1270 Å². The smallest absolute Gasteiger partial charge is 1.00 e. The Morgan fingerprint density at radius 1 is 0.106 bits per heavy atom. The average Bonchev–Trinajstić information content (AvgIpc) is 1.50. The second-order valence-corrected chi connectivity index (χ2v) is 0. The van der Waals surface area contributed by atoms with Crippen molar-refractivity contribution in [3.63, 3.8) is 0 Å². The monoisotopic (exact) mass is 1100 g/mol. The van der Waals surface area contributed by atoms with Crippen LogP contribution in [0.15, 0.2) is 0 Å². The van der Waals surface area contributed by atoms with E-state index in [0.717, 1.165) is 14.2 Å². The van der Waals surface area contributed by atoms with Crippen molar-refractivity contribution >= 4 is 0 Å². The molecule has 0 aromatic carbocycles. The van der Waals surface area contributed by atoms with Gasteiger partial charge < -0.3 is 71.6 Å². The van der Waals surface area contributed by atoms with Crippen LogP contribution in [-0.4, -0.2) is 24.4 Å². The predicted octanol–water partition coefficient (Wildman–Crippen LogP) is -125. The molecule has 0 aliphatic rings. The molecule has 0 aromatic rings. The molecule has 0 aliphatic carbocycles. The molecule has 2 N–H and O–H groups in total. The van der Waals surface area contributed by atoms with Crippen LogP contribution in [0, 0.1) is 0 Å². The van der Waals surface area contributed by atoms with Crippen LogP contribution in [0.4, 0.5) is 0 Å². The summed E-state index contributed by atoms with van der Waals surface area (Å²) >= 11 is 0. The van der Waals surface area contributed by atoms with E-state index in [0.29, 0.717) is 0 Å². The summed E-state index contributed by atoms with van der Waals surface area (Å²) in [5.74, 6) is 0. The van der Waals surface area contributed by atoms with Gasteiger partial charge in [-0.25, -0.2) is 0 Å². The average molecular weight is 1100 g/mol. The summed E-state index contributed by atoms with van der Waals surface area (Å²) in [6, 6.07) is 0. The van der Waals surface area contributed by atoms with E-state index >= 15 is 0 Å². The predicted molar refractivity (Wildman–Crippen MR) is 64.1 cm³/mol.